The number of carbonyl (C=O) groups excluding carboxylic acids is 2. The third kappa shape index (κ3) is 4.61. The van der Waals surface area contributed by atoms with Crippen molar-refractivity contribution in [2.45, 2.75) is 26.3 Å². The Morgan fingerprint density at radius 1 is 1.11 bits per heavy atom. The van der Waals surface area contributed by atoms with Gasteiger partial charge in [-0.1, -0.05) is 25.1 Å². The van der Waals surface area contributed by atoms with Gasteiger partial charge in [0.2, 0.25) is 18.6 Å². The van der Waals surface area contributed by atoms with Crippen LogP contribution in [-0.4, -0.2) is 43.1 Å². The normalized spacial score (nSPS) is 13.3. The van der Waals surface area contributed by atoms with Gasteiger partial charge in [0, 0.05) is 17.4 Å². The lowest BCUT2D eigenvalue weighted by atomic mass is 10.1. The highest BCUT2D eigenvalue weighted by Gasteiger charge is 2.21. The second-order valence-electron chi connectivity index (χ2n) is 6.71. The minimum absolute atomic E-state index is 0.105. The summed E-state index contributed by atoms with van der Waals surface area (Å²) < 4.78 is 10.6. The lowest BCUT2D eigenvalue weighted by Crippen LogP contribution is -2.43. The number of benzene rings is 2. The predicted molar refractivity (Wildman–Crippen MR) is 108 cm³/mol. The summed E-state index contributed by atoms with van der Waals surface area (Å²) in [5.74, 6) is 0.897. The van der Waals surface area contributed by atoms with Gasteiger partial charge in [0.1, 0.15) is 0 Å². The highest BCUT2D eigenvalue weighted by molar-refractivity contribution is 5.96. The van der Waals surface area contributed by atoms with E-state index in [-0.39, 0.29) is 25.2 Å². The molecule has 1 unspecified atom stereocenters. The molecule has 0 radical (unpaired) electrons. The summed E-state index contributed by atoms with van der Waals surface area (Å²) in [4.78, 5) is 26.6. The molecule has 2 N–H and O–H groups in total. The molecule has 7 heteroatoms. The quantitative estimate of drug-likeness (QED) is 0.769. The van der Waals surface area contributed by atoms with Crippen LogP contribution in [0.1, 0.15) is 19.4 Å². The Morgan fingerprint density at radius 3 is 2.64 bits per heavy atom. The van der Waals surface area contributed by atoms with Crippen LogP contribution in [0, 0.1) is 0 Å². The molecule has 1 aliphatic heterocycles. The third-order valence-corrected chi connectivity index (χ3v) is 4.75. The van der Waals surface area contributed by atoms with E-state index in [4.69, 9.17) is 9.47 Å². The van der Waals surface area contributed by atoms with Crippen molar-refractivity contribution in [1.29, 1.82) is 0 Å². The van der Waals surface area contributed by atoms with E-state index in [0.29, 0.717) is 17.2 Å². The molecular weight excluding hydrogens is 358 g/mol. The average Bonchev–Trinajstić information content (AvgIpc) is 3.15. The van der Waals surface area contributed by atoms with E-state index >= 15 is 0 Å². The fourth-order valence-corrected chi connectivity index (χ4v) is 2.92. The van der Waals surface area contributed by atoms with Gasteiger partial charge in [-0.25, -0.2) is 0 Å². The Hall–Kier alpha value is -3.06. The third-order valence-electron chi connectivity index (χ3n) is 4.75. The molecule has 0 spiro atoms. The first-order valence-corrected chi connectivity index (χ1v) is 9.26. The van der Waals surface area contributed by atoms with E-state index in [0.717, 1.165) is 17.7 Å². The number of para-hydroxylation sites is 1. The summed E-state index contributed by atoms with van der Waals surface area (Å²) in [5.41, 5.74) is 2.50. The van der Waals surface area contributed by atoms with Crippen LogP contribution in [-0.2, 0) is 16.0 Å². The number of hydrogen-bond donors (Lipinski definition) is 2. The minimum atomic E-state index is -0.488. The number of likely N-dealkylation sites (N-methyl/N-ethyl adjacent to an activating group) is 1. The maximum atomic E-state index is 12.5. The molecule has 0 aromatic heterocycles. The van der Waals surface area contributed by atoms with Crippen LogP contribution in [0.25, 0.3) is 0 Å². The molecule has 2 aromatic carbocycles. The van der Waals surface area contributed by atoms with Crippen LogP contribution in [0.15, 0.2) is 42.5 Å². The number of rotatable bonds is 7. The van der Waals surface area contributed by atoms with Crippen molar-refractivity contribution in [3.05, 3.63) is 48.0 Å². The van der Waals surface area contributed by atoms with Crippen LogP contribution in [0.4, 0.5) is 11.4 Å². The fraction of sp³-hybridized carbons (Fsp3) is 0.333. The topological polar surface area (TPSA) is 79.9 Å². The Kier molecular flexibility index (Phi) is 6.16. The molecular formula is C21H25N3O4. The number of amides is 2. The first-order valence-electron chi connectivity index (χ1n) is 9.26. The number of nitrogens with one attached hydrogen (secondary N) is 2. The van der Waals surface area contributed by atoms with Crippen molar-refractivity contribution in [1.82, 2.24) is 4.90 Å². The largest absolute Gasteiger partial charge is 0.454 e. The molecule has 2 aromatic rings. The number of carbonyl (C=O) groups is 2. The second-order valence-corrected chi connectivity index (χ2v) is 6.71. The van der Waals surface area contributed by atoms with Crippen molar-refractivity contribution < 1.29 is 19.1 Å². The van der Waals surface area contributed by atoms with Gasteiger partial charge < -0.3 is 20.1 Å². The van der Waals surface area contributed by atoms with Gasteiger partial charge in [-0.15, -0.1) is 0 Å². The molecule has 1 atom stereocenters. The Bertz CT molecular complexity index is 868. The van der Waals surface area contributed by atoms with Crippen molar-refractivity contribution in [3.63, 3.8) is 0 Å². The summed E-state index contributed by atoms with van der Waals surface area (Å²) in [6, 6.07) is 12.5. The van der Waals surface area contributed by atoms with E-state index in [1.165, 1.54) is 0 Å². The van der Waals surface area contributed by atoms with Crippen molar-refractivity contribution in [2.24, 2.45) is 0 Å². The standard InChI is InChI=1S/C21H25N3O4/c1-4-15-7-5-6-8-17(15)23-20(25)12-24(3)14(2)21(26)22-16-9-10-18-19(11-16)28-13-27-18/h5-11,14H,4,12-13H2,1-3H3,(H,22,26)(H,23,25). The lowest BCUT2D eigenvalue weighted by molar-refractivity contribution is -0.122. The van der Waals surface area contributed by atoms with Crippen LogP contribution in [0.3, 0.4) is 0 Å². The first-order chi connectivity index (χ1) is 13.5. The monoisotopic (exact) mass is 383 g/mol. The van der Waals surface area contributed by atoms with Crippen LogP contribution >= 0.6 is 0 Å². The summed E-state index contributed by atoms with van der Waals surface area (Å²) in [6.45, 7) is 4.09. The first kappa shape index (κ1) is 19.7. The highest BCUT2D eigenvalue weighted by atomic mass is 16.7. The van der Waals surface area contributed by atoms with Gasteiger partial charge >= 0.3 is 0 Å². The minimum Gasteiger partial charge on any atom is -0.454 e. The summed E-state index contributed by atoms with van der Waals surface area (Å²) in [7, 11) is 1.75. The molecule has 0 saturated carbocycles. The summed E-state index contributed by atoms with van der Waals surface area (Å²) >= 11 is 0. The number of anilines is 2. The molecule has 28 heavy (non-hydrogen) atoms. The number of hydrogen-bond acceptors (Lipinski definition) is 5. The molecule has 0 bridgehead atoms. The van der Waals surface area contributed by atoms with E-state index in [2.05, 4.69) is 10.6 Å². The number of nitrogens with zero attached hydrogens (tertiary/aromatic N) is 1. The maximum absolute atomic E-state index is 12.5. The van der Waals surface area contributed by atoms with Gasteiger partial charge in [0.25, 0.3) is 0 Å². The van der Waals surface area contributed by atoms with Crippen LogP contribution in [0.5, 0.6) is 11.5 Å². The van der Waals surface area contributed by atoms with Gasteiger partial charge in [0.05, 0.1) is 12.6 Å². The SMILES string of the molecule is CCc1ccccc1NC(=O)CN(C)C(C)C(=O)Nc1ccc2c(c1)OCO2. The molecule has 3 rings (SSSR count). The number of fused-ring (bicyclic) bond motifs is 1. The van der Waals surface area contributed by atoms with Crippen molar-refractivity contribution in [3.8, 4) is 11.5 Å². The van der Waals surface area contributed by atoms with Crippen LogP contribution in [0.2, 0.25) is 0 Å². The zero-order valence-corrected chi connectivity index (χ0v) is 16.3. The van der Waals surface area contributed by atoms with Crippen molar-refractivity contribution >= 4 is 23.2 Å². The van der Waals surface area contributed by atoms with E-state index in [9.17, 15) is 9.59 Å². The summed E-state index contributed by atoms with van der Waals surface area (Å²) in [6.07, 6.45) is 0.834. The molecule has 0 aliphatic carbocycles. The van der Waals surface area contributed by atoms with Crippen molar-refractivity contribution in [2.75, 3.05) is 31.0 Å². The molecule has 1 heterocycles. The van der Waals surface area contributed by atoms with Crippen LogP contribution < -0.4 is 20.1 Å². The lowest BCUT2D eigenvalue weighted by Gasteiger charge is -2.23. The predicted octanol–water partition coefficient (Wildman–Crippen LogP) is 2.88. The molecule has 148 valence electrons. The molecule has 0 fully saturated rings. The zero-order chi connectivity index (χ0) is 20.1. The molecule has 7 nitrogen and oxygen atoms in total. The van der Waals surface area contributed by atoms with Gasteiger partial charge in [0.15, 0.2) is 11.5 Å². The number of aryl methyl sites for hydroxylation is 1. The summed E-state index contributed by atoms with van der Waals surface area (Å²) in [5, 5.41) is 5.77. The second kappa shape index (κ2) is 8.75. The average molecular weight is 383 g/mol. The fourth-order valence-electron chi connectivity index (χ4n) is 2.92. The zero-order valence-electron chi connectivity index (χ0n) is 16.3. The van der Waals surface area contributed by atoms with Gasteiger partial charge in [-0.05, 0) is 44.2 Å². The smallest absolute Gasteiger partial charge is 0.241 e. The molecule has 2 amide bonds. The molecule has 1 aliphatic rings. The van der Waals surface area contributed by atoms with E-state index < -0.39 is 6.04 Å². The Balaban J connectivity index is 1.55. The maximum Gasteiger partial charge on any atom is 0.241 e. The highest BCUT2D eigenvalue weighted by Crippen LogP contribution is 2.34. The number of ether oxygens (including phenoxy) is 2. The van der Waals surface area contributed by atoms with E-state index in [1.807, 2.05) is 31.2 Å². The van der Waals surface area contributed by atoms with E-state index in [1.54, 1.807) is 37.1 Å². The molecule has 0 saturated heterocycles. The Morgan fingerprint density at radius 2 is 1.86 bits per heavy atom. The van der Waals surface area contributed by atoms with Gasteiger partial charge in [-0.2, -0.15) is 0 Å². The Labute approximate surface area is 164 Å². The van der Waals surface area contributed by atoms with Gasteiger partial charge in [-0.3, -0.25) is 14.5 Å².